The molecular weight excluding hydrogens is 444 g/mol. The first kappa shape index (κ1) is 21.1. The summed E-state index contributed by atoms with van der Waals surface area (Å²) in [4.78, 5) is 16.3. The second-order valence-electron chi connectivity index (χ2n) is 7.83. The van der Waals surface area contributed by atoms with Crippen LogP contribution < -0.4 is 4.74 Å². The standard InChI is InChI=1S/C24H23ClN4O2S/c1-2-15-6-5-7-17-18(12-26-23(15)17)20(30)14-32-24-28-27-22(29(24)16-10-11-16)13-31-21-9-4-3-8-19(21)25/h3-9,12,16,26H,2,10-11,13-14H2,1H3. The fourth-order valence-corrected chi connectivity index (χ4v) is 4.96. The van der Waals surface area contributed by atoms with Crippen LogP contribution in [0.1, 0.15) is 47.6 Å². The minimum atomic E-state index is 0.0775. The fraction of sp³-hybridized carbons (Fsp3) is 0.292. The van der Waals surface area contributed by atoms with Crippen LogP contribution in [-0.4, -0.2) is 31.3 Å². The summed E-state index contributed by atoms with van der Waals surface area (Å²) < 4.78 is 7.98. The lowest BCUT2D eigenvalue weighted by atomic mass is 10.1. The molecule has 1 N–H and O–H groups in total. The lowest BCUT2D eigenvalue weighted by Crippen LogP contribution is -2.08. The third-order valence-corrected chi connectivity index (χ3v) is 6.91. The summed E-state index contributed by atoms with van der Waals surface area (Å²) in [7, 11) is 0. The maximum atomic E-state index is 13.0. The maximum Gasteiger partial charge on any atom is 0.192 e. The molecule has 2 aromatic carbocycles. The molecule has 1 aliphatic carbocycles. The first-order valence-electron chi connectivity index (χ1n) is 10.7. The highest BCUT2D eigenvalue weighted by Gasteiger charge is 2.30. The molecule has 0 saturated heterocycles. The largest absolute Gasteiger partial charge is 0.484 e. The minimum Gasteiger partial charge on any atom is -0.484 e. The van der Waals surface area contributed by atoms with Crippen LogP contribution in [0.25, 0.3) is 10.9 Å². The van der Waals surface area contributed by atoms with E-state index in [1.165, 1.54) is 17.3 Å². The van der Waals surface area contributed by atoms with Gasteiger partial charge in [-0.05, 0) is 37.0 Å². The summed E-state index contributed by atoms with van der Waals surface area (Å²) in [5, 5.41) is 11.0. The molecule has 164 valence electrons. The Balaban J connectivity index is 1.31. The van der Waals surface area contributed by atoms with Gasteiger partial charge < -0.3 is 9.72 Å². The molecule has 1 saturated carbocycles. The molecule has 0 radical (unpaired) electrons. The van der Waals surface area contributed by atoms with Gasteiger partial charge in [-0.25, -0.2) is 0 Å². The van der Waals surface area contributed by atoms with Gasteiger partial charge in [0.25, 0.3) is 0 Å². The van der Waals surface area contributed by atoms with Gasteiger partial charge in [-0.2, -0.15) is 0 Å². The number of nitrogens with one attached hydrogen (secondary N) is 1. The van der Waals surface area contributed by atoms with E-state index in [2.05, 4.69) is 32.7 Å². The lowest BCUT2D eigenvalue weighted by Gasteiger charge is -2.10. The number of aromatic nitrogens is 4. The van der Waals surface area contributed by atoms with E-state index in [0.29, 0.717) is 22.6 Å². The van der Waals surface area contributed by atoms with E-state index in [0.717, 1.165) is 46.7 Å². The van der Waals surface area contributed by atoms with Crippen molar-refractivity contribution < 1.29 is 9.53 Å². The number of hydrogen-bond acceptors (Lipinski definition) is 5. The van der Waals surface area contributed by atoms with Gasteiger partial charge in [-0.1, -0.05) is 60.6 Å². The van der Waals surface area contributed by atoms with Gasteiger partial charge in [0.15, 0.2) is 16.8 Å². The number of nitrogens with zero attached hydrogens (tertiary/aromatic N) is 3. The molecule has 1 fully saturated rings. The molecule has 6 nitrogen and oxygen atoms in total. The summed E-state index contributed by atoms with van der Waals surface area (Å²) in [5.74, 6) is 1.75. The molecule has 0 amide bonds. The van der Waals surface area contributed by atoms with Gasteiger partial charge in [0.2, 0.25) is 0 Å². The number of para-hydroxylation sites is 2. The molecule has 2 heterocycles. The molecule has 0 unspecified atom stereocenters. The second kappa shape index (κ2) is 9.00. The van der Waals surface area contributed by atoms with Crippen molar-refractivity contribution in [2.75, 3.05) is 5.75 Å². The van der Waals surface area contributed by atoms with Crippen LogP contribution in [0.5, 0.6) is 5.75 Å². The number of benzene rings is 2. The number of ether oxygens (including phenoxy) is 1. The summed E-state index contributed by atoms with van der Waals surface area (Å²) in [6.07, 6.45) is 4.91. The zero-order valence-electron chi connectivity index (χ0n) is 17.7. The number of rotatable bonds is 9. The molecule has 2 aromatic heterocycles. The maximum absolute atomic E-state index is 13.0. The van der Waals surface area contributed by atoms with E-state index in [1.807, 2.05) is 36.5 Å². The van der Waals surface area contributed by atoms with Crippen LogP contribution in [0.15, 0.2) is 53.8 Å². The molecule has 5 rings (SSSR count). The number of thioether (sulfide) groups is 1. The summed E-state index contributed by atoms with van der Waals surface area (Å²) >= 11 is 7.62. The molecule has 4 aromatic rings. The first-order chi connectivity index (χ1) is 15.7. The van der Waals surface area contributed by atoms with Gasteiger partial charge in [-0.3, -0.25) is 9.36 Å². The minimum absolute atomic E-state index is 0.0775. The van der Waals surface area contributed by atoms with Crippen molar-refractivity contribution in [3.05, 3.63) is 70.6 Å². The number of ketones is 1. The number of halogens is 1. The molecule has 0 bridgehead atoms. The summed E-state index contributed by atoms with van der Waals surface area (Å²) in [6, 6.07) is 13.8. The van der Waals surface area contributed by atoms with E-state index >= 15 is 0 Å². The highest BCUT2D eigenvalue weighted by atomic mass is 35.5. The molecule has 8 heteroatoms. The van der Waals surface area contributed by atoms with Crippen LogP contribution in [0.3, 0.4) is 0 Å². The Bertz CT molecular complexity index is 1280. The van der Waals surface area contributed by atoms with Crippen molar-refractivity contribution in [1.82, 2.24) is 19.7 Å². The Labute approximate surface area is 195 Å². The highest BCUT2D eigenvalue weighted by Crippen LogP contribution is 2.39. The number of aromatic amines is 1. The Hall–Kier alpha value is -2.77. The Morgan fingerprint density at radius 2 is 2.06 bits per heavy atom. The van der Waals surface area contributed by atoms with E-state index in [9.17, 15) is 4.79 Å². The van der Waals surface area contributed by atoms with Crippen molar-refractivity contribution in [2.24, 2.45) is 0 Å². The normalized spacial score (nSPS) is 13.6. The fourth-order valence-electron chi connectivity index (χ4n) is 3.86. The molecule has 32 heavy (non-hydrogen) atoms. The number of aryl methyl sites for hydroxylation is 1. The van der Waals surface area contributed by atoms with Gasteiger partial charge >= 0.3 is 0 Å². The number of Topliss-reactive ketones (excluding diaryl/α,β-unsaturated/α-hetero) is 1. The number of carbonyl (C=O) groups is 1. The topological polar surface area (TPSA) is 72.8 Å². The van der Waals surface area contributed by atoms with E-state index in [-0.39, 0.29) is 12.4 Å². The molecular formula is C24H23ClN4O2S. The van der Waals surface area contributed by atoms with Crippen LogP contribution in [0, 0.1) is 0 Å². The lowest BCUT2D eigenvalue weighted by molar-refractivity contribution is 0.102. The first-order valence-corrected chi connectivity index (χ1v) is 12.1. The van der Waals surface area contributed by atoms with Gasteiger partial charge in [0, 0.05) is 28.7 Å². The smallest absolute Gasteiger partial charge is 0.192 e. The molecule has 1 aliphatic rings. The third kappa shape index (κ3) is 4.14. The SMILES string of the molecule is CCc1cccc2c(C(=O)CSc3nnc(COc4ccccc4Cl)n3C3CC3)c[nH]c12. The average molecular weight is 467 g/mol. The quantitative estimate of drug-likeness (QED) is 0.247. The highest BCUT2D eigenvalue weighted by molar-refractivity contribution is 7.99. The number of carbonyl (C=O) groups excluding carboxylic acids is 1. The van der Waals surface area contributed by atoms with Crippen molar-refractivity contribution >= 4 is 40.0 Å². The predicted octanol–water partition coefficient (Wildman–Crippen LogP) is 5.86. The Morgan fingerprint density at radius 1 is 1.22 bits per heavy atom. The van der Waals surface area contributed by atoms with Crippen molar-refractivity contribution in [3.63, 3.8) is 0 Å². The third-order valence-electron chi connectivity index (χ3n) is 5.66. The van der Waals surface area contributed by atoms with Crippen LogP contribution >= 0.6 is 23.4 Å². The van der Waals surface area contributed by atoms with Crippen molar-refractivity contribution in [1.29, 1.82) is 0 Å². The van der Waals surface area contributed by atoms with E-state index in [4.69, 9.17) is 16.3 Å². The monoisotopic (exact) mass is 466 g/mol. The van der Waals surface area contributed by atoms with Gasteiger partial charge in [0.05, 0.1) is 10.8 Å². The van der Waals surface area contributed by atoms with Gasteiger partial charge in [-0.15, -0.1) is 10.2 Å². The zero-order valence-corrected chi connectivity index (χ0v) is 19.2. The summed E-state index contributed by atoms with van der Waals surface area (Å²) in [6.45, 7) is 2.40. The molecule has 0 atom stereocenters. The zero-order chi connectivity index (χ0) is 22.1. The van der Waals surface area contributed by atoms with Crippen molar-refractivity contribution in [3.8, 4) is 5.75 Å². The van der Waals surface area contributed by atoms with Crippen LogP contribution in [0.4, 0.5) is 0 Å². The Morgan fingerprint density at radius 3 is 2.84 bits per heavy atom. The van der Waals surface area contributed by atoms with Crippen LogP contribution in [-0.2, 0) is 13.0 Å². The molecule has 0 aliphatic heterocycles. The van der Waals surface area contributed by atoms with Crippen LogP contribution in [0.2, 0.25) is 5.02 Å². The number of H-pyrrole nitrogens is 1. The summed E-state index contributed by atoms with van der Waals surface area (Å²) in [5.41, 5.74) is 2.98. The number of fused-ring (bicyclic) bond motifs is 1. The van der Waals surface area contributed by atoms with Crippen molar-refractivity contribution in [2.45, 2.75) is 44.0 Å². The van der Waals surface area contributed by atoms with Gasteiger partial charge in [0.1, 0.15) is 12.4 Å². The van der Waals surface area contributed by atoms with E-state index in [1.54, 1.807) is 6.07 Å². The number of hydrogen-bond donors (Lipinski definition) is 1. The average Bonchev–Trinajstić information content (AvgIpc) is 3.42. The Kier molecular flexibility index (Phi) is 5.93. The molecule has 0 spiro atoms. The predicted molar refractivity (Wildman–Crippen MR) is 127 cm³/mol. The van der Waals surface area contributed by atoms with E-state index < -0.39 is 0 Å². The second-order valence-corrected chi connectivity index (χ2v) is 9.18.